The van der Waals surface area contributed by atoms with E-state index in [0.717, 1.165) is 13.2 Å². The first-order valence-corrected chi connectivity index (χ1v) is 4.44. The minimum absolute atomic E-state index is 0.129. The molecule has 1 aromatic rings. The van der Waals surface area contributed by atoms with Gasteiger partial charge in [0.2, 0.25) is 5.95 Å². The van der Waals surface area contributed by atoms with Crippen LogP contribution in [0.2, 0.25) is 0 Å². The molecule has 0 aliphatic heterocycles. The first kappa shape index (κ1) is 13.0. The number of carbonyl (C=O) groups excluding carboxylic acids is 1. The lowest BCUT2D eigenvalue weighted by Crippen LogP contribution is -2.09. The molecule has 1 rings (SSSR count). The number of esters is 1. The third kappa shape index (κ3) is 2.93. The van der Waals surface area contributed by atoms with Crippen LogP contribution < -0.4 is 0 Å². The lowest BCUT2D eigenvalue weighted by molar-refractivity contribution is -0.139. The SMILES string of the molecule is COC(=O)Cc1cc(C#N)c(C(F)F)c(F)n1. The Labute approximate surface area is 94.6 Å². The standard InChI is InChI=1S/C10H7F3N2O2/c1-17-7(16)3-6-2-5(4-14)8(9(11)12)10(13)15-6/h2,9H,3H2,1H3. The first-order chi connectivity index (χ1) is 7.99. The fraction of sp³-hybridized carbons (Fsp3) is 0.300. The van der Waals surface area contributed by atoms with Crippen LogP contribution in [-0.2, 0) is 16.0 Å². The zero-order chi connectivity index (χ0) is 13.0. The first-order valence-electron chi connectivity index (χ1n) is 4.44. The van der Waals surface area contributed by atoms with E-state index in [1.807, 2.05) is 0 Å². The van der Waals surface area contributed by atoms with Crippen molar-refractivity contribution in [3.8, 4) is 6.07 Å². The van der Waals surface area contributed by atoms with Crippen LogP contribution in [0.1, 0.15) is 23.2 Å². The molecule has 0 fully saturated rings. The largest absolute Gasteiger partial charge is 0.469 e. The molecule has 0 N–H and O–H groups in total. The summed E-state index contributed by atoms with van der Waals surface area (Å²) in [5.74, 6) is -2.15. The number of pyridine rings is 1. The number of halogens is 3. The average molecular weight is 244 g/mol. The average Bonchev–Trinajstić information content (AvgIpc) is 2.27. The molecule has 90 valence electrons. The molecule has 7 heteroatoms. The highest BCUT2D eigenvalue weighted by atomic mass is 19.3. The van der Waals surface area contributed by atoms with Crippen molar-refractivity contribution < 1.29 is 22.7 Å². The molecule has 1 heterocycles. The number of carbonyl (C=O) groups is 1. The van der Waals surface area contributed by atoms with E-state index in [2.05, 4.69) is 9.72 Å². The Bertz CT molecular complexity index is 483. The lowest BCUT2D eigenvalue weighted by atomic mass is 10.1. The van der Waals surface area contributed by atoms with Gasteiger partial charge in [0.15, 0.2) is 0 Å². The van der Waals surface area contributed by atoms with Gasteiger partial charge in [0, 0.05) is 0 Å². The molecule has 4 nitrogen and oxygen atoms in total. The minimum atomic E-state index is -3.13. The maximum atomic E-state index is 13.2. The van der Waals surface area contributed by atoms with Crippen LogP contribution in [0.4, 0.5) is 13.2 Å². The third-order valence-corrected chi connectivity index (χ3v) is 1.96. The molecule has 0 spiro atoms. The second-order valence-electron chi connectivity index (χ2n) is 3.03. The second-order valence-corrected chi connectivity index (χ2v) is 3.03. The predicted molar refractivity (Wildman–Crippen MR) is 49.6 cm³/mol. The van der Waals surface area contributed by atoms with Crippen molar-refractivity contribution >= 4 is 5.97 Å². The van der Waals surface area contributed by atoms with Gasteiger partial charge >= 0.3 is 5.97 Å². The second kappa shape index (κ2) is 5.30. The summed E-state index contributed by atoms with van der Waals surface area (Å²) >= 11 is 0. The van der Waals surface area contributed by atoms with E-state index in [1.54, 1.807) is 0 Å². The van der Waals surface area contributed by atoms with Crippen LogP contribution in [0.15, 0.2) is 6.07 Å². The van der Waals surface area contributed by atoms with Crippen molar-refractivity contribution in [3.63, 3.8) is 0 Å². The Hall–Kier alpha value is -2.10. The summed E-state index contributed by atoms with van der Waals surface area (Å²) in [7, 11) is 1.12. The molecule has 17 heavy (non-hydrogen) atoms. The summed E-state index contributed by atoms with van der Waals surface area (Å²) in [6, 6.07) is 2.38. The summed E-state index contributed by atoms with van der Waals surface area (Å²) in [5, 5.41) is 8.61. The summed E-state index contributed by atoms with van der Waals surface area (Å²) in [6.07, 6.45) is -3.52. The van der Waals surface area contributed by atoms with E-state index in [9.17, 15) is 18.0 Å². The van der Waals surface area contributed by atoms with Crippen LogP contribution in [0.3, 0.4) is 0 Å². The summed E-state index contributed by atoms with van der Waals surface area (Å²) in [6.45, 7) is 0. The maximum Gasteiger partial charge on any atom is 0.311 e. The molecule has 0 aromatic carbocycles. The maximum absolute atomic E-state index is 13.2. The van der Waals surface area contributed by atoms with Crippen LogP contribution in [0.25, 0.3) is 0 Å². The molecular weight excluding hydrogens is 237 g/mol. The minimum Gasteiger partial charge on any atom is -0.469 e. The van der Waals surface area contributed by atoms with Crippen LogP contribution >= 0.6 is 0 Å². The number of hydrogen-bond donors (Lipinski definition) is 0. The van der Waals surface area contributed by atoms with E-state index < -0.39 is 29.5 Å². The monoisotopic (exact) mass is 244 g/mol. The highest BCUT2D eigenvalue weighted by Crippen LogP contribution is 2.25. The summed E-state index contributed by atoms with van der Waals surface area (Å²) in [4.78, 5) is 14.1. The van der Waals surface area contributed by atoms with E-state index in [0.29, 0.717) is 0 Å². The fourth-order valence-corrected chi connectivity index (χ4v) is 1.18. The Balaban J connectivity index is 3.19. The molecular formula is C10H7F3N2O2. The Morgan fingerprint density at radius 2 is 2.29 bits per heavy atom. The highest BCUT2D eigenvalue weighted by molar-refractivity contribution is 5.72. The quantitative estimate of drug-likeness (QED) is 0.600. The van der Waals surface area contributed by atoms with Crippen LogP contribution in [0, 0.1) is 17.3 Å². The number of alkyl halides is 2. The normalized spacial score (nSPS) is 10.1. The van der Waals surface area contributed by atoms with Crippen molar-refractivity contribution in [1.29, 1.82) is 5.26 Å². The zero-order valence-corrected chi connectivity index (χ0v) is 8.71. The van der Waals surface area contributed by atoms with Gasteiger partial charge in [-0.25, -0.2) is 13.8 Å². The molecule has 0 unspecified atom stereocenters. The molecule has 0 aliphatic rings. The number of rotatable bonds is 3. The van der Waals surface area contributed by atoms with Gasteiger partial charge in [-0.2, -0.15) is 9.65 Å². The van der Waals surface area contributed by atoms with Gasteiger partial charge in [0.1, 0.15) is 0 Å². The van der Waals surface area contributed by atoms with E-state index >= 15 is 0 Å². The van der Waals surface area contributed by atoms with Crippen molar-refractivity contribution in [2.75, 3.05) is 7.11 Å². The predicted octanol–water partition coefficient (Wildman–Crippen LogP) is 1.75. The van der Waals surface area contributed by atoms with E-state index in [-0.39, 0.29) is 12.1 Å². The topological polar surface area (TPSA) is 63.0 Å². The number of hydrogen-bond acceptors (Lipinski definition) is 4. The summed E-state index contributed by atoms with van der Waals surface area (Å²) < 4.78 is 42.3. The van der Waals surface area contributed by atoms with Gasteiger partial charge in [0.05, 0.1) is 36.4 Å². The van der Waals surface area contributed by atoms with Gasteiger partial charge in [-0.15, -0.1) is 0 Å². The van der Waals surface area contributed by atoms with Crippen LogP contribution in [-0.4, -0.2) is 18.1 Å². The molecule has 0 saturated carbocycles. The number of aromatic nitrogens is 1. The summed E-state index contributed by atoms with van der Waals surface area (Å²) in [5.41, 5.74) is -1.72. The number of ether oxygens (including phenoxy) is 1. The molecule has 0 atom stereocenters. The van der Waals surface area contributed by atoms with Crippen molar-refractivity contribution in [1.82, 2.24) is 4.98 Å². The van der Waals surface area contributed by atoms with Gasteiger partial charge in [-0.1, -0.05) is 0 Å². The molecule has 0 radical (unpaired) electrons. The van der Waals surface area contributed by atoms with Gasteiger partial charge in [-0.05, 0) is 6.07 Å². The number of methoxy groups -OCH3 is 1. The van der Waals surface area contributed by atoms with E-state index in [1.165, 1.54) is 6.07 Å². The number of nitriles is 1. The van der Waals surface area contributed by atoms with Crippen molar-refractivity contribution in [3.05, 3.63) is 28.8 Å². The van der Waals surface area contributed by atoms with Crippen LogP contribution in [0.5, 0.6) is 0 Å². The fourth-order valence-electron chi connectivity index (χ4n) is 1.18. The Morgan fingerprint density at radius 3 is 2.76 bits per heavy atom. The molecule has 1 aromatic heterocycles. The van der Waals surface area contributed by atoms with Crippen molar-refractivity contribution in [2.24, 2.45) is 0 Å². The van der Waals surface area contributed by atoms with Crippen molar-refractivity contribution in [2.45, 2.75) is 12.8 Å². The number of nitrogens with zero attached hydrogens (tertiary/aromatic N) is 2. The molecule has 0 saturated heterocycles. The molecule has 0 amide bonds. The zero-order valence-electron chi connectivity index (χ0n) is 8.71. The van der Waals surface area contributed by atoms with Gasteiger partial charge < -0.3 is 4.74 Å². The van der Waals surface area contributed by atoms with Gasteiger partial charge in [-0.3, -0.25) is 4.79 Å². The Kier molecular flexibility index (Phi) is 4.04. The molecule has 0 bridgehead atoms. The third-order valence-electron chi connectivity index (χ3n) is 1.96. The Morgan fingerprint density at radius 1 is 1.65 bits per heavy atom. The molecule has 0 aliphatic carbocycles. The van der Waals surface area contributed by atoms with E-state index in [4.69, 9.17) is 5.26 Å². The highest BCUT2D eigenvalue weighted by Gasteiger charge is 2.21. The van der Waals surface area contributed by atoms with Gasteiger partial charge in [0.25, 0.3) is 6.43 Å². The smallest absolute Gasteiger partial charge is 0.311 e. The lowest BCUT2D eigenvalue weighted by Gasteiger charge is -2.06.